The van der Waals surface area contributed by atoms with Crippen molar-refractivity contribution in [1.29, 1.82) is 0 Å². The van der Waals surface area contributed by atoms with Crippen LogP contribution in [0.4, 0.5) is 0 Å². The van der Waals surface area contributed by atoms with Gasteiger partial charge in [-0.1, -0.05) is 30.3 Å². The smallest absolute Gasteiger partial charge is 0.251 e. The van der Waals surface area contributed by atoms with Gasteiger partial charge in [-0.2, -0.15) is 0 Å². The predicted molar refractivity (Wildman–Crippen MR) is 96.4 cm³/mol. The van der Waals surface area contributed by atoms with Crippen LogP contribution in [0.1, 0.15) is 22.3 Å². The lowest BCUT2D eigenvalue weighted by molar-refractivity contribution is 0.0952. The highest BCUT2D eigenvalue weighted by molar-refractivity contribution is 5.94. The standard InChI is InChI=1S/C20H21N3O2/c24-20(22-11-4-13-23-14-12-21-16-23)18-7-9-19(10-8-18)25-15-17-5-2-1-3-6-17/h1-3,5-10,12,14,16H,4,11,13,15H2,(H,22,24). The lowest BCUT2D eigenvalue weighted by Crippen LogP contribution is -2.25. The van der Waals surface area contributed by atoms with E-state index in [0.717, 1.165) is 24.3 Å². The van der Waals surface area contributed by atoms with Crippen LogP contribution >= 0.6 is 0 Å². The Morgan fingerprint density at radius 3 is 2.60 bits per heavy atom. The number of imidazole rings is 1. The number of ether oxygens (including phenoxy) is 1. The molecule has 1 aromatic heterocycles. The topological polar surface area (TPSA) is 56.2 Å². The fourth-order valence-electron chi connectivity index (χ4n) is 2.43. The maximum Gasteiger partial charge on any atom is 0.251 e. The van der Waals surface area contributed by atoms with Crippen LogP contribution in [0, 0.1) is 0 Å². The monoisotopic (exact) mass is 335 g/mol. The molecule has 5 heteroatoms. The zero-order chi connectivity index (χ0) is 17.3. The molecule has 0 aliphatic rings. The van der Waals surface area contributed by atoms with Gasteiger partial charge in [0.15, 0.2) is 0 Å². The van der Waals surface area contributed by atoms with Crippen molar-refractivity contribution >= 4 is 5.91 Å². The third kappa shape index (κ3) is 5.21. The van der Waals surface area contributed by atoms with E-state index in [9.17, 15) is 4.79 Å². The lowest BCUT2D eigenvalue weighted by Gasteiger charge is -2.08. The fourth-order valence-corrected chi connectivity index (χ4v) is 2.43. The summed E-state index contributed by atoms with van der Waals surface area (Å²) in [6.45, 7) is 1.98. The van der Waals surface area contributed by atoms with E-state index in [4.69, 9.17) is 4.74 Å². The molecule has 2 aromatic carbocycles. The Balaban J connectivity index is 1.42. The third-order valence-electron chi connectivity index (χ3n) is 3.80. The highest BCUT2D eigenvalue weighted by atomic mass is 16.5. The van der Waals surface area contributed by atoms with Crippen molar-refractivity contribution in [3.05, 3.63) is 84.4 Å². The minimum Gasteiger partial charge on any atom is -0.489 e. The Kier molecular flexibility index (Phi) is 5.82. The van der Waals surface area contributed by atoms with Crippen molar-refractivity contribution < 1.29 is 9.53 Å². The summed E-state index contributed by atoms with van der Waals surface area (Å²) in [5.41, 5.74) is 1.75. The maximum atomic E-state index is 12.1. The second-order valence-corrected chi connectivity index (χ2v) is 5.71. The Labute approximate surface area is 147 Å². The van der Waals surface area contributed by atoms with Crippen LogP contribution in [-0.4, -0.2) is 22.0 Å². The van der Waals surface area contributed by atoms with Crippen LogP contribution < -0.4 is 10.1 Å². The molecule has 0 saturated carbocycles. The molecule has 0 spiro atoms. The zero-order valence-electron chi connectivity index (χ0n) is 14.0. The van der Waals surface area contributed by atoms with Crippen molar-refractivity contribution in [3.63, 3.8) is 0 Å². The number of nitrogens with one attached hydrogen (secondary N) is 1. The second kappa shape index (κ2) is 8.68. The van der Waals surface area contributed by atoms with Gasteiger partial charge in [-0.25, -0.2) is 4.98 Å². The summed E-state index contributed by atoms with van der Waals surface area (Å²) in [7, 11) is 0. The van der Waals surface area contributed by atoms with Crippen LogP contribution in [-0.2, 0) is 13.2 Å². The first-order valence-corrected chi connectivity index (χ1v) is 8.32. The number of aryl methyl sites for hydroxylation is 1. The summed E-state index contributed by atoms with van der Waals surface area (Å²) in [4.78, 5) is 16.1. The van der Waals surface area contributed by atoms with E-state index < -0.39 is 0 Å². The lowest BCUT2D eigenvalue weighted by atomic mass is 10.2. The number of carbonyl (C=O) groups excluding carboxylic acids is 1. The number of hydrogen-bond acceptors (Lipinski definition) is 3. The largest absolute Gasteiger partial charge is 0.489 e. The molecule has 0 saturated heterocycles. The molecule has 3 aromatic rings. The average molecular weight is 335 g/mol. The molecule has 0 bridgehead atoms. The number of amides is 1. The maximum absolute atomic E-state index is 12.1. The van der Waals surface area contributed by atoms with Gasteiger partial charge in [0, 0.05) is 31.0 Å². The first-order chi connectivity index (χ1) is 12.3. The molecule has 0 atom stereocenters. The number of carbonyl (C=O) groups is 1. The van der Waals surface area contributed by atoms with Crippen LogP contribution in [0.5, 0.6) is 5.75 Å². The van der Waals surface area contributed by atoms with Crippen molar-refractivity contribution in [2.24, 2.45) is 0 Å². The van der Waals surface area contributed by atoms with Gasteiger partial charge in [-0.15, -0.1) is 0 Å². The van der Waals surface area contributed by atoms with Gasteiger partial charge in [0.05, 0.1) is 6.33 Å². The molecular weight excluding hydrogens is 314 g/mol. The van der Waals surface area contributed by atoms with E-state index in [1.54, 1.807) is 24.7 Å². The molecular formula is C20H21N3O2. The molecule has 3 rings (SSSR count). The van der Waals surface area contributed by atoms with Gasteiger partial charge < -0.3 is 14.6 Å². The Morgan fingerprint density at radius 2 is 1.88 bits per heavy atom. The number of aromatic nitrogens is 2. The van der Waals surface area contributed by atoms with Gasteiger partial charge in [-0.3, -0.25) is 4.79 Å². The molecule has 128 valence electrons. The SMILES string of the molecule is O=C(NCCCn1ccnc1)c1ccc(OCc2ccccc2)cc1. The summed E-state index contributed by atoms with van der Waals surface area (Å²) < 4.78 is 7.72. The number of benzene rings is 2. The number of rotatable bonds is 8. The van der Waals surface area contributed by atoms with Crippen LogP contribution in [0.2, 0.25) is 0 Å². The molecule has 25 heavy (non-hydrogen) atoms. The second-order valence-electron chi connectivity index (χ2n) is 5.71. The zero-order valence-corrected chi connectivity index (χ0v) is 14.0. The van der Waals surface area contributed by atoms with E-state index in [0.29, 0.717) is 18.7 Å². The Morgan fingerprint density at radius 1 is 1.08 bits per heavy atom. The molecule has 5 nitrogen and oxygen atoms in total. The molecule has 0 radical (unpaired) electrons. The first-order valence-electron chi connectivity index (χ1n) is 8.32. The number of hydrogen-bond donors (Lipinski definition) is 1. The van der Waals surface area contributed by atoms with E-state index >= 15 is 0 Å². The number of nitrogens with zero attached hydrogens (tertiary/aromatic N) is 2. The molecule has 0 aliphatic heterocycles. The van der Waals surface area contributed by atoms with Crippen LogP contribution in [0.25, 0.3) is 0 Å². The molecule has 1 amide bonds. The van der Waals surface area contributed by atoms with Gasteiger partial charge in [0.25, 0.3) is 5.91 Å². The predicted octanol–water partition coefficient (Wildman–Crippen LogP) is 3.28. The average Bonchev–Trinajstić information content (AvgIpc) is 3.18. The quantitative estimate of drug-likeness (QED) is 0.643. The van der Waals surface area contributed by atoms with Gasteiger partial charge in [-0.05, 0) is 36.2 Å². The van der Waals surface area contributed by atoms with Crippen molar-refractivity contribution in [2.75, 3.05) is 6.54 Å². The molecule has 0 fully saturated rings. The van der Waals surface area contributed by atoms with Gasteiger partial charge in [0.1, 0.15) is 12.4 Å². The summed E-state index contributed by atoms with van der Waals surface area (Å²) in [5, 5.41) is 2.93. The van der Waals surface area contributed by atoms with E-state index in [-0.39, 0.29) is 5.91 Å². The molecule has 1 heterocycles. The summed E-state index contributed by atoms with van der Waals surface area (Å²) in [5.74, 6) is 0.681. The summed E-state index contributed by atoms with van der Waals surface area (Å²) >= 11 is 0. The van der Waals surface area contributed by atoms with Crippen LogP contribution in [0.3, 0.4) is 0 Å². The highest BCUT2D eigenvalue weighted by Crippen LogP contribution is 2.14. The molecule has 0 aliphatic carbocycles. The van der Waals surface area contributed by atoms with Crippen molar-refractivity contribution in [3.8, 4) is 5.75 Å². The third-order valence-corrected chi connectivity index (χ3v) is 3.80. The minimum absolute atomic E-state index is 0.0692. The fraction of sp³-hybridized carbons (Fsp3) is 0.200. The molecule has 0 unspecified atom stereocenters. The van der Waals surface area contributed by atoms with Gasteiger partial charge in [0.2, 0.25) is 0 Å². The van der Waals surface area contributed by atoms with Gasteiger partial charge >= 0.3 is 0 Å². The highest BCUT2D eigenvalue weighted by Gasteiger charge is 2.05. The van der Waals surface area contributed by atoms with E-state index in [1.807, 2.05) is 53.2 Å². The van der Waals surface area contributed by atoms with E-state index in [1.165, 1.54) is 0 Å². The first kappa shape index (κ1) is 16.8. The molecule has 1 N–H and O–H groups in total. The minimum atomic E-state index is -0.0692. The normalized spacial score (nSPS) is 10.4. The van der Waals surface area contributed by atoms with E-state index in [2.05, 4.69) is 10.3 Å². The van der Waals surface area contributed by atoms with Crippen LogP contribution in [0.15, 0.2) is 73.3 Å². The summed E-state index contributed by atoms with van der Waals surface area (Å²) in [6, 6.07) is 17.2. The Hall–Kier alpha value is -3.08. The van der Waals surface area contributed by atoms with Crippen molar-refractivity contribution in [1.82, 2.24) is 14.9 Å². The van der Waals surface area contributed by atoms with Crippen molar-refractivity contribution in [2.45, 2.75) is 19.6 Å². The Bertz CT molecular complexity index is 768. The summed E-state index contributed by atoms with van der Waals surface area (Å²) in [6.07, 6.45) is 6.30.